The van der Waals surface area contributed by atoms with Gasteiger partial charge in [-0.2, -0.15) is 0 Å². The van der Waals surface area contributed by atoms with Gasteiger partial charge in [0.1, 0.15) is 5.69 Å². The van der Waals surface area contributed by atoms with Crippen LogP contribution in [0.25, 0.3) is 0 Å². The molecule has 0 saturated carbocycles. The first kappa shape index (κ1) is 13.5. The zero-order chi connectivity index (χ0) is 14.5. The summed E-state index contributed by atoms with van der Waals surface area (Å²) in [5, 5.41) is 20.7. The van der Waals surface area contributed by atoms with Crippen molar-refractivity contribution < 1.29 is 9.72 Å². The Kier molecular flexibility index (Phi) is 3.89. The summed E-state index contributed by atoms with van der Waals surface area (Å²) in [7, 11) is 0. The van der Waals surface area contributed by atoms with Gasteiger partial charge in [0.25, 0.3) is 11.6 Å². The highest BCUT2D eigenvalue weighted by Crippen LogP contribution is 2.24. The third kappa shape index (κ3) is 2.88. The van der Waals surface area contributed by atoms with Crippen molar-refractivity contribution in [3.05, 3.63) is 46.3 Å². The predicted octanol–water partition coefficient (Wildman–Crippen LogP) is 0.198. The Hall–Kier alpha value is -2.97. The first-order valence-electron chi connectivity index (χ1n) is 5.75. The first-order chi connectivity index (χ1) is 9.59. The molecular formula is C11H12N6O3. The molecule has 0 radical (unpaired) electrons. The summed E-state index contributed by atoms with van der Waals surface area (Å²) in [6, 6.07) is 4.11. The molecule has 0 aliphatic heterocycles. The minimum absolute atomic E-state index is 0.0813. The number of nitrogen functional groups attached to an aromatic ring is 1. The lowest BCUT2D eigenvalue weighted by Gasteiger charge is -2.07. The second kappa shape index (κ2) is 5.78. The summed E-state index contributed by atoms with van der Waals surface area (Å²) in [4.78, 5) is 22.0. The fraction of sp³-hybridized carbons (Fsp3) is 0.182. The Morgan fingerprint density at radius 1 is 1.50 bits per heavy atom. The number of hydrogen-bond donors (Lipinski definition) is 2. The number of carbonyl (C=O) groups excluding carboxylic acids is 1. The number of hydrogen-bond acceptors (Lipinski definition) is 6. The van der Waals surface area contributed by atoms with Crippen molar-refractivity contribution in [2.45, 2.75) is 6.54 Å². The third-order valence-corrected chi connectivity index (χ3v) is 2.62. The average molecular weight is 276 g/mol. The number of rotatable bonds is 5. The van der Waals surface area contributed by atoms with Crippen LogP contribution in [0, 0.1) is 10.1 Å². The summed E-state index contributed by atoms with van der Waals surface area (Å²) in [5.74, 6) is -0.466. The van der Waals surface area contributed by atoms with E-state index in [1.807, 2.05) is 0 Å². The molecule has 3 N–H and O–H groups in total. The Bertz CT molecular complexity index is 625. The number of nitro groups is 1. The van der Waals surface area contributed by atoms with Crippen LogP contribution >= 0.6 is 0 Å². The highest BCUT2D eigenvalue weighted by Gasteiger charge is 2.18. The van der Waals surface area contributed by atoms with Crippen LogP contribution in [0.15, 0.2) is 30.6 Å². The largest absolute Gasteiger partial charge is 0.393 e. The van der Waals surface area contributed by atoms with Crippen molar-refractivity contribution in [1.82, 2.24) is 20.3 Å². The first-order valence-corrected chi connectivity index (χ1v) is 5.75. The maximum Gasteiger partial charge on any atom is 0.292 e. The SMILES string of the molecule is Nc1c(C(=O)NCCn2ccnn2)cccc1[N+](=O)[O-]. The summed E-state index contributed by atoms with van der Waals surface area (Å²) in [5.41, 5.74) is 5.28. The Labute approximate surface area is 113 Å². The molecule has 0 spiro atoms. The standard InChI is InChI=1S/C11H12N6O3/c12-10-8(2-1-3-9(10)17(19)20)11(18)13-4-6-16-7-5-14-15-16/h1-3,5,7H,4,6,12H2,(H,13,18). The molecule has 0 bridgehead atoms. The van der Waals surface area contributed by atoms with E-state index >= 15 is 0 Å². The van der Waals surface area contributed by atoms with Crippen molar-refractivity contribution in [1.29, 1.82) is 0 Å². The van der Waals surface area contributed by atoms with Gasteiger partial charge in [0.05, 0.1) is 23.2 Å². The van der Waals surface area contributed by atoms with E-state index < -0.39 is 10.8 Å². The average Bonchev–Trinajstić information content (AvgIpc) is 2.91. The van der Waals surface area contributed by atoms with Gasteiger partial charge in [-0.1, -0.05) is 11.3 Å². The fourth-order valence-electron chi connectivity index (χ4n) is 1.64. The molecule has 1 aromatic heterocycles. The number of nitrogens with zero attached hydrogens (tertiary/aromatic N) is 4. The molecule has 1 amide bonds. The second-order valence-electron chi connectivity index (χ2n) is 3.92. The molecule has 2 rings (SSSR count). The van der Waals surface area contributed by atoms with Gasteiger partial charge in [-0.15, -0.1) is 5.10 Å². The van der Waals surface area contributed by atoms with Gasteiger partial charge in [-0.3, -0.25) is 19.6 Å². The van der Waals surface area contributed by atoms with Gasteiger partial charge in [-0.25, -0.2) is 0 Å². The molecule has 0 aliphatic carbocycles. The van der Waals surface area contributed by atoms with Crippen molar-refractivity contribution >= 4 is 17.3 Å². The van der Waals surface area contributed by atoms with Crippen LogP contribution in [0.3, 0.4) is 0 Å². The maximum absolute atomic E-state index is 11.9. The molecule has 0 fully saturated rings. The van der Waals surface area contributed by atoms with E-state index in [1.165, 1.54) is 24.4 Å². The van der Waals surface area contributed by atoms with E-state index in [1.54, 1.807) is 10.9 Å². The summed E-state index contributed by atoms with van der Waals surface area (Å²) < 4.78 is 1.55. The lowest BCUT2D eigenvalue weighted by molar-refractivity contribution is -0.383. The van der Waals surface area contributed by atoms with Crippen molar-refractivity contribution in [2.24, 2.45) is 0 Å². The molecule has 1 heterocycles. The van der Waals surface area contributed by atoms with Gasteiger partial charge in [0.15, 0.2) is 0 Å². The van der Waals surface area contributed by atoms with Crippen molar-refractivity contribution in [2.75, 3.05) is 12.3 Å². The summed E-state index contributed by atoms with van der Waals surface area (Å²) in [6.07, 6.45) is 3.19. The Morgan fingerprint density at radius 2 is 2.30 bits per heavy atom. The van der Waals surface area contributed by atoms with Crippen LogP contribution in [0.5, 0.6) is 0 Å². The molecule has 2 aromatic rings. The normalized spacial score (nSPS) is 10.2. The highest BCUT2D eigenvalue weighted by molar-refractivity contribution is 6.00. The van der Waals surface area contributed by atoms with E-state index in [0.717, 1.165) is 0 Å². The minimum Gasteiger partial charge on any atom is -0.393 e. The molecule has 9 heteroatoms. The molecule has 9 nitrogen and oxygen atoms in total. The van der Waals surface area contributed by atoms with E-state index in [0.29, 0.717) is 13.1 Å². The number of para-hydroxylation sites is 1. The molecule has 0 aliphatic rings. The molecule has 104 valence electrons. The molecular weight excluding hydrogens is 264 g/mol. The number of benzene rings is 1. The predicted molar refractivity (Wildman–Crippen MR) is 69.9 cm³/mol. The number of nitro benzene ring substituents is 1. The number of aromatic nitrogens is 3. The lowest BCUT2D eigenvalue weighted by atomic mass is 10.1. The van der Waals surface area contributed by atoms with Gasteiger partial charge in [0.2, 0.25) is 0 Å². The van der Waals surface area contributed by atoms with Gasteiger partial charge in [-0.05, 0) is 6.07 Å². The molecule has 0 unspecified atom stereocenters. The quantitative estimate of drug-likeness (QED) is 0.456. The molecule has 0 atom stereocenters. The van der Waals surface area contributed by atoms with Crippen LogP contribution in [0.1, 0.15) is 10.4 Å². The lowest BCUT2D eigenvalue weighted by Crippen LogP contribution is -2.28. The van der Waals surface area contributed by atoms with Gasteiger partial charge < -0.3 is 11.1 Å². The summed E-state index contributed by atoms with van der Waals surface area (Å²) in [6.45, 7) is 0.755. The van der Waals surface area contributed by atoms with Crippen LogP contribution < -0.4 is 11.1 Å². The molecule has 1 aromatic carbocycles. The number of nitrogens with two attached hydrogens (primary N) is 1. The zero-order valence-corrected chi connectivity index (χ0v) is 10.4. The third-order valence-electron chi connectivity index (χ3n) is 2.62. The Morgan fingerprint density at radius 3 is 2.95 bits per heavy atom. The minimum atomic E-state index is -0.623. The number of carbonyl (C=O) groups is 1. The number of nitrogens with one attached hydrogen (secondary N) is 1. The van der Waals surface area contributed by atoms with Gasteiger partial charge in [0, 0.05) is 18.8 Å². The number of amides is 1. The van der Waals surface area contributed by atoms with Crippen LogP contribution in [0.4, 0.5) is 11.4 Å². The monoisotopic (exact) mass is 276 g/mol. The molecule has 0 saturated heterocycles. The van der Waals surface area contributed by atoms with Crippen molar-refractivity contribution in [3.8, 4) is 0 Å². The fourth-order valence-corrected chi connectivity index (χ4v) is 1.64. The van der Waals surface area contributed by atoms with Crippen molar-refractivity contribution in [3.63, 3.8) is 0 Å². The topological polar surface area (TPSA) is 129 Å². The Balaban J connectivity index is 2.02. The smallest absolute Gasteiger partial charge is 0.292 e. The van der Waals surface area contributed by atoms with Gasteiger partial charge >= 0.3 is 0 Å². The molecule has 20 heavy (non-hydrogen) atoms. The van der Waals surface area contributed by atoms with Crippen LogP contribution in [0.2, 0.25) is 0 Å². The maximum atomic E-state index is 11.9. The van der Waals surface area contributed by atoms with Crippen LogP contribution in [-0.4, -0.2) is 32.4 Å². The van der Waals surface area contributed by atoms with E-state index in [9.17, 15) is 14.9 Å². The van der Waals surface area contributed by atoms with E-state index in [4.69, 9.17) is 5.73 Å². The van der Waals surface area contributed by atoms with E-state index in [2.05, 4.69) is 15.6 Å². The second-order valence-corrected chi connectivity index (χ2v) is 3.92. The number of anilines is 1. The zero-order valence-electron chi connectivity index (χ0n) is 10.4. The summed E-state index contributed by atoms with van der Waals surface area (Å²) >= 11 is 0. The highest BCUT2D eigenvalue weighted by atomic mass is 16.6. The van der Waals surface area contributed by atoms with E-state index in [-0.39, 0.29) is 16.9 Å². The van der Waals surface area contributed by atoms with Crippen LogP contribution in [-0.2, 0) is 6.54 Å².